The van der Waals surface area contributed by atoms with Gasteiger partial charge in [-0.05, 0) is 24.1 Å². The van der Waals surface area contributed by atoms with Crippen molar-refractivity contribution in [1.29, 1.82) is 0 Å². The molecule has 0 unspecified atom stereocenters. The van der Waals surface area contributed by atoms with Crippen molar-refractivity contribution in [2.75, 3.05) is 0 Å². The number of carboxylic acids is 1. The number of carbonyl (C=O) groups is 2. The molecule has 0 aliphatic carbocycles. The van der Waals surface area contributed by atoms with Gasteiger partial charge in [0.25, 0.3) is 5.91 Å². The Hall–Kier alpha value is -1.43. The average molecular weight is 332 g/mol. The van der Waals surface area contributed by atoms with Crippen LogP contribution in [0.3, 0.4) is 0 Å². The van der Waals surface area contributed by atoms with E-state index in [2.05, 4.69) is 21.2 Å². The highest BCUT2D eigenvalue weighted by Crippen LogP contribution is 2.16. The lowest BCUT2D eigenvalue weighted by molar-refractivity contribution is -0.140. The van der Waals surface area contributed by atoms with E-state index in [0.717, 1.165) is 6.07 Å². The second-order valence-corrected chi connectivity index (χ2v) is 5.21. The molecular formula is C13H15BrFNO3. The number of carboxylic acid groups (broad SMARTS) is 1. The van der Waals surface area contributed by atoms with Crippen molar-refractivity contribution in [2.24, 2.45) is 5.92 Å². The molecule has 104 valence electrons. The highest BCUT2D eigenvalue weighted by Gasteiger charge is 2.26. The van der Waals surface area contributed by atoms with Crippen LogP contribution in [0.2, 0.25) is 0 Å². The lowest BCUT2D eigenvalue weighted by atomic mass is 9.99. The first-order valence-corrected chi connectivity index (χ1v) is 6.64. The summed E-state index contributed by atoms with van der Waals surface area (Å²) < 4.78 is 14.1. The third kappa shape index (κ3) is 4.02. The summed E-state index contributed by atoms with van der Waals surface area (Å²) in [4.78, 5) is 23.0. The van der Waals surface area contributed by atoms with Gasteiger partial charge >= 0.3 is 5.97 Å². The zero-order valence-corrected chi connectivity index (χ0v) is 12.2. The summed E-state index contributed by atoms with van der Waals surface area (Å²) in [7, 11) is 0. The standard InChI is InChI=1S/C13H15BrFNO3/c1-3-7(2)11(13(18)19)16-12(17)9-6-8(14)4-5-10(9)15/h4-7,11H,3H2,1-2H3,(H,16,17)(H,18,19)/t7-,11-/m0/s1. The first-order valence-electron chi connectivity index (χ1n) is 5.85. The number of hydrogen-bond acceptors (Lipinski definition) is 2. The van der Waals surface area contributed by atoms with Crippen LogP contribution in [0.4, 0.5) is 4.39 Å². The summed E-state index contributed by atoms with van der Waals surface area (Å²) in [6.07, 6.45) is 0.595. The third-order valence-corrected chi connectivity index (χ3v) is 3.43. The van der Waals surface area contributed by atoms with E-state index in [1.54, 1.807) is 6.92 Å². The molecule has 0 aromatic heterocycles. The van der Waals surface area contributed by atoms with Crippen LogP contribution in [-0.4, -0.2) is 23.0 Å². The molecule has 1 aromatic rings. The molecule has 19 heavy (non-hydrogen) atoms. The summed E-state index contributed by atoms with van der Waals surface area (Å²) >= 11 is 3.14. The lowest BCUT2D eigenvalue weighted by Crippen LogP contribution is -2.45. The summed E-state index contributed by atoms with van der Waals surface area (Å²) in [5, 5.41) is 11.4. The summed E-state index contributed by atoms with van der Waals surface area (Å²) in [6.45, 7) is 3.54. The van der Waals surface area contributed by atoms with Gasteiger partial charge in [-0.2, -0.15) is 0 Å². The van der Waals surface area contributed by atoms with Gasteiger partial charge in [0.2, 0.25) is 0 Å². The second-order valence-electron chi connectivity index (χ2n) is 4.30. The summed E-state index contributed by atoms with van der Waals surface area (Å²) in [6, 6.07) is 2.91. The number of nitrogens with one attached hydrogen (secondary N) is 1. The van der Waals surface area contributed by atoms with Crippen LogP contribution in [0.15, 0.2) is 22.7 Å². The van der Waals surface area contributed by atoms with Gasteiger partial charge in [-0.25, -0.2) is 9.18 Å². The number of amides is 1. The molecule has 0 radical (unpaired) electrons. The molecule has 1 aromatic carbocycles. The third-order valence-electron chi connectivity index (χ3n) is 2.94. The zero-order chi connectivity index (χ0) is 14.6. The van der Waals surface area contributed by atoms with Crippen LogP contribution in [0, 0.1) is 11.7 Å². The minimum absolute atomic E-state index is 0.177. The van der Waals surface area contributed by atoms with Crippen LogP contribution in [-0.2, 0) is 4.79 Å². The molecule has 0 fully saturated rings. The van der Waals surface area contributed by atoms with Gasteiger partial charge < -0.3 is 10.4 Å². The van der Waals surface area contributed by atoms with Crippen LogP contribution >= 0.6 is 15.9 Å². The molecule has 0 bridgehead atoms. The van der Waals surface area contributed by atoms with Crippen molar-refractivity contribution >= 4 is 27.8 Å². The smallest absolute Gasteiger partial charge is 0.326 e. The minimum Gasteiger partial charge on any atom is -0.480 e. The first kappa shape index (κ1) is 15.6. The molecule has 1 amide bonds. The largest absolute Gasteiger partial charge is 0.480 e. The molecular weight excluding hydrogens is 317 g/mol. The predicted molar refractivity (Wildman–Crippen MR) is 72.4 cm³/mol. The van der Waals surface area contributed by atoms with Gasteiger partial charge in [-0.3, -0.25) is 4.79 Å². The molecule has 2 atom stereocenters. The Kier molecular flexibility index (Phi) is 5.47. The van der Waals surface area contributed by atoms with Crippen LogP contribution in [0.5, 0.6) is 0 Å². The molecule has 0 heterocycles. The lowest BCUT2D eigenvalue weighted by Gasteiger charge is -2.20. The van der Waals surface area contributed by atoms with Crippen molar-refractivity contribution in [3.8, 4) is 0 Å². The van der Waals surface area contributed by atoms with Gasteiger partial charge in [-0.15, -0.1) is 0 Å². The topological polar surface area (TPSA) is 66.4 Å². The molecule has 4 nitrogen and oxygen atoms in total. The maximum atomic E-state index is 13.5. The predicted octanol–water partition coefficient (Wildman–Crippen LogP) is 2.82. The molecule has 6 heteroatoms. The summed E-state index contributed by atoms with van der Waals surface area (Å²) in [5.41, 5.74) is -0.177. The highest BCUT2D eigenvalue weighted by atomic mass is 79.9. The average Bonchev–Trinajstić information content (AvgIpc) is 2.37. The van der Waals surface area contributed by atoms with E-state index in [1.807, 2.05) is 6.92 Å². The Balaban J connectivity index is 2.94. The Morgan fingerprint density at radius 3 is 2.63 bits per heavy atom. The van der Waals surface area contributed by atoms with Crippen LogP contribution < -0.4 is 5.32 Å². The fraction of sp³-hybridized carbons (Fsp3) is 0.385. The molecule has 2 N–H and O–H groups in total. The number of carbonyl (C=O) groups excluding carboxylic acids is 1. The van der Waals surface area contributed by atoms with Crippen molar-refractivity contribution in [1.82, 2.24) is 5.32 Å². The van der Waals surface area contributed by atoms with Crippen molar-refractivity contribution in [3.63, 3.8) is 0 Å². The minimum atomic E-state index is -1.13. The zero-order valence-electron chi connectivity index (χ0n) is 10.6. The number of benzene rings is 1. The Labute approximate surface area is 119 Å². The molecule has 0 aliphatic rings. The molecule has 0 aliphatic heterocycles. The monoisotopic (exact) mass is 331 g/mol. The fourth-order valence-corrected chi connectivity index (χ4v) is 1.93. The maximum absolute atomic E-state index is 13.5. The maximum Gasteiger partial charge on any atom is 0.326 e. The number of halogens is 2. The Morgan fingerprint density at radius 2 is 2.11 bits per heavy atom. The van der Waals surface area contributed by atoms with E-state index in [4.69, 9.17) is 5.11 Å². The van der Waals surface area contributed by atoms with Gasteiger partial charge in [0.05, 0.1) is 5.56 Å². The van der Waals surface area contributed by atoms with Crippen molar-refractivity contribution < 1.29 is 19.1 Å². The van der Waals surface area contributed by atoms with Gasteiger partial charge in [-0.1, -0.05) is 36.2 Å². The van der Waals surface area contributed by atoms with Gasteiger partial charge in [0.1, 0.15) is 11.9 Å². The van der Waals surface area contributed by atoms with Crippen molar-refractivity contribution in [2.45, 2.75) is 26.3 Å². The number of aliphatic carboxylic acids is 1. The Morgan fingerprint density at radius 1 is 1.47 bits per heavy atom. The quantitative estimate of drug-likeness (QED) is 0.871. The molecule has 1 rings (SSSR count). The van der Waals surface area contributed by atoms with Crippen LogP contribution in [0.25, 0.3) is 0 Å². The van der Waals surface area contributed by atoms with E-state index in [-0.39, 0.29) is 11.5 Å². The second kappa shape index (κ2) is 6.65. The van der Waals surface area contributed by atoms with E-state index < -0.39 is 23.7 Å². The SMILES string of the molecule is CC[C@H](C)[C@H](NC(=O)c1cc(Br)ccc1F)C(=O)O. The van der Waals surface area contributed by atoms with E-state index >= 15 is 0 Å². The summed E-state index contributed by atoms with van der Waals surface area (Å²) in [5.74, 6) is -2.78. The van der Waals surface area contributed by atoms with E-state index in [0.29, 0.717) is 10.9 Å². The van der Waals surface area contributed by atoms with Crippen LogP contribution in [0.1, 0.15) is 30.6 Å². The van der Waals surface area contributed by atoms with E-state index in [9.17, 15) is 14.0 Å². The highest BCUT2D eigenvalue weighted by molar-refractivity contribution is 9.10. The van der Waals surface area contributed by atoms with Gasteiger partial charge in [0.15, 0.2) is 0 Å². The normalized spacial score (nSPS) is 13.7. The van der Waals surface area contributed by atoms with Gasteiger partial charge in [0, 0.05) is 4.47 Å². The molecule has 0 saturated carbocycles. The Bertz CT molecular complexity index is 493. The molecule has 0 spiro atoms. The fourth-order valence-electron chi connectivity index (χ4n) is 1.57. The number of rotatable bonds is 5. The first-order chi connectivity index (χ1) is 8.86. The van der Waals surface area contributed by atoms with E-state index in [1.165, 1.54) is 12.1 Å². The number of hydrogen-bond donors (Lipinski definition) is 2. The van der Waals surface area contributed by atoms with Crippen molar-refractivity contribution in [3.05, 3.63) is 34.1 Å². The molecule has 0 saturated heterocycles.